The zero-order valence-corrected chi connectivity index (χ0v) is 16.2. The Morgan fingerprint density at radius 1 is 1.15 bits per heavy atom. The number of anilines is 2. The van der Waals surface area contributed by atoms with E-state index in [1.54, 1.807) is 12.3 Å². The number of aromatic carboxylic acids is 1. The molecule has 0 radical (unpaired) electrons. The maximum absolute atomic E-state index is 11.5. The summed E-state index contributed by atoms with van der Waals surface area (Å²) in [6.45, 7) is 10.3. The van der Waals surface area contributed by atoms with Crippen LogP contribution >= 0.6 is 0 Å². The van der Waals surface area contributed by atoms with Crippen LogP contribution < -0.4 is 5.32 Å². The quantitative estimate of drug-likeness (QED) is 0.706. The summed E-state index contributed by atoms with van der Waals surface area (Å²) in [4.78, 5) is 15.7. The van der Waals surface area contributed by atoms with Gasteiger partial charge in [-0.3, -0.25) is 0 Å². The lowest BCUT2D eigenvalue weighted by atomic mass is 9.92. The highest BCUT2D eigenvalue weighted by atomic mass is 16.4. The van der Waals surface area contributed by atoms with Crippen LogP contribution in [0.4, 0.5) is 11.6 Å². The fourth-order valence-corrected chi connectivity index (χ4v) is 2.77. The lowest BCUT2D eigenvalue weighted by Crippen LogP contribution is -2.13. The minimum atomic E-state index is -1.03. The van der Waals surface area contributed by atoms with Crippen molar-refractivity contribution >= 4 is 17.6 Å². The summed E-state index contributed by atoms with van der Waals surface area (Å²) in [7, 11) is 0. The van der Waals surface area contributed by atoms with Crippen molar-refractivity contribution in [3.63, 3.8) is 0 Å². The molecule has 0 atom stereocenters. The van der Waals surface area contributed by atoms with Crippen molar-refractivity contribution in [1.29, 1.82) is 0 Å². The SMILES string of the molecule is Cc1ccc(C)c(-n2nc(C(C)(C)C)cc2Nc2ncccc2C(=O)O)c1. The second kappa shape index (κ2) is 6.87. The molecule has 0 fully saturated rings. The fraction of sp³-hybridized carbons (Fsp3) is 0.286. The molecular formula is C21H24N4O2. The zero-order chi connectivity index (χ0) is 19.8. The van der Waals surface area contributed by atoms with Crippen LogP contribution in [0.5, 0.6) is 0 Å². The molecule has 2 aromatic heterocycles. The van der Waals surface area contributed by atoms with E-state index in [0.29, 0.717) is 5.82 Å². The molecule has 0 aliphatic rings. The first kappa shape index (κ1) is 18.6. The van der Waals surface area contributed by atoms with Crippen LogP contribution in [0, 0.1) is 13.8 Å². The number of benzene rings is 1. The Bertz CT molecular complexity index is 1000. The third kappa shape index (κ3) is 3.84. The summed E-state index contributed by atoms with van der Waals surface area (Å²) in [6, 6.07) is 11.3. The van der Waals surface area contributed by atoms with Crippen LogP contribution in [0.25, 0.3) is 5.69 Å². The van der Waals surface area contributed by atoms with Gasteiger partial charge in [0.2, 0.25) is 0 Å². The standard InChI is InChI=1S/C21H24N4O2/c1-13-8-9-14(2)16(11-13)25-18(12-17(24-25)21(3,4)5)23-19-15(20(26)27)7-6-10-22-19/h6-12H,1-5H3,(H,22,23)(H,26,27). The second-order valence-electron chi connectivity index (χ2n) is 7.70. The van der Waals surface area contributed by atoms with Crippen LogP contribution in [-0.4, -0.2) is 25.8 Å². The lowest BCUT2D eigenvalue weighted by Gasteiger charge is -2.14. The largest absolute Gasteiger partial charge is 0.478 e. The monoisotopic (exact) mass is 364 g/mol. The topological polar surface area (TPSA) is 80.0 Å². The van der Waals surface area contributed by atoms with Crippen molar-refractivity contribution in [2.24, 2.45) is 0 Å². The van der Waals surface area contributed by atoms with E-state index in [1.807, 2.05) is 24.6 Å². The third-order valence-electron chi connectivity index (χ3n) is 4.36. The smallest absolute Gasteiger partial charge is 0.339 e. The number of carboxylic acid groups (broad SMARTS) is 1. The molecule has 0 aliphatic heterocycles. The van der Waals surface area contributed by atoms with Gasteiger partial charge in [-0.25, -0.2) is 14.5 Å². The molecule has 27 heavy (non-hydrogen) atoms. The van der Waals surface area contributed by atoms with Crippen LogP contribution in [0.15, 0.2) is 42.6 Å². The Kier molecular flexibility index (Phi) is 4.74. The van der Waals surface area contributed by atoms with Crippen molar-refractivity contribution in [1.82, 2.24) is 14.8 Å². The molecule has 6 nitrogen and oxygen atoms in total. The van der Waals surface area contributed by atoms with Gasteiger partial charge in [0.1, 0.15) is 17.2 Å². The van der Waals surface area contributed by atoms with Gasteiger partial charge in [0.25, 0.3) is 0 Å². The van der Waals surface area contributed by atoms with Crippen LogP contribution in [-0.2, 0) is 5.41 Å². The molecule has 1 aromatic carbocycles. The zero-order valence-electron chi connectivity index (χ0n) is 16.2. The number of carbonyl (C=O) groups is 1. The Morgan fingerprint density at radius 2 is 1.89 bits per heavy atom. The molecule has 3 aromatic rings. The Labute approximate surface area is 158 Å². The summed E-state index contributed by atoms with van der Waals surface area (Å²) in [5.41, 5.74) is 4.01. The van der Waals surface area contributed by atoms with Gasteiger partial charge in [-0.05, 0) is 43.2 Å². The molecule has 6 heteroatoms. The Hall–Kier alpha value is -3.15. The second-order valence-corrected chi connectivity index (χ2v) is 7.70. The van der Waals surface area contributed by atoms with Gasteiger partial charge in [0.05, 0.1) is 11.4 Å². The van der Waals surface area contributed by atoms with E-state index in [-0.39, 0.29) is 16.8 Å². The lowest BCUT2D eigenvalue weighted by molar-refractivity contribution is 0.0697. The molecule has 3 rings (SSSR count). The molecule has 0 spiro atoms. The van der Waals surface area contributed by atoms with Crippen molar-refractivity contribution < 1.29 is 9.90 Å². The van der Waals surface area contributed by atoms with Gasteiger partial charge in [-0.15, -0.1) is 0 Å². The highest BCUT2D eigenvalue weighted by Crippen LogP contribution is 2.30. The summed E-state index contributed by atoms with van der Waals surface area (Å²) < 4.78 is 1.82. The summed E-state index contributed by atoms with van der Waals surface area (Å²) in [5, 5.41) is 17.4. The van der Waals surface area contributed by atoms with Gasteiger partial charge in [-0.1, -0.05) is 32.9 Å². The average Bonchev–Trinajstić information content (AvgIpc) is 3.01. The number of hydrogen-bond donors (Lipinski definition) is 2. The molecule has 2 heterocycles. The highest BCUT2D eigenvalue weighted by Gasteiger charge is 2.22. The van der Waals surface area contributed by atoms with Gasteiger partial charge in [-0.2, -0.15) is 5.10 Å². The van der Waals surface area contributed by atoms with E-state index in [0.717, 1.165) is 22.5 Å². The van der Waals surface area contributed by atoms with Crippen molar-refractivity contribution in [3.05, 3.63) is 65.0 Å². The van der Waals surface area contributed by atoms with E-state index in [2.05, 4.69) is 49.3 Å². The number of aryl methyl sites for hydroxylation is 2. The van der Waals surface area contributed by atoms with Gasteiger partial charge >= 0.3 is 5.97 Å². The molecule has 140 valence electrons. The number of pyridine rings is 1. The number of carboxylic acids is 1. The first-order valence-electron chi connectivity index (χ1n) is 8.80. The van der Waals surface area contributed by atoms with E-state index >= 15 is 0 Å². The molecule has 0 bridgehead atoms. The third-order valence-corrected chi connectivity index (χ3v) is 4.36. The first-order valence-corrected chi connectivity index (χ1v) is 8.80. The molecule has 0 unspecified atom stereocenters. The normalized spacial score (nSPS) is 11.4. The van der Waals surface area contributed by atoms with E-state index in [4.69, 9.17) is 5.10 Å². The Balaban J connectivity index is 2.16. The van der Waals surface area contributed by atoms with Crippen LogP contribution in [0.3, 0.4) is 0 Å². The minimum absolute atomic E-state index is 0.114. The van der Waals surface area contributed by atoms with Crippen molar-refractivity contribution in [2.45, 2.75) is 40.0 Å². The average molecular weight is 364 g/mol. The van der Waals surface area contributed by atoms with Crippen molar-refractivity contribution in [2.75, 3.05) is 5.32 Å². The Morgan fingerprint density at radius 3 is 2.56 bits per heavy atom. The van der Waals surface area contributed by atoms with E-state index < -0.39 is 5.97 Å². The van der Waals surface area contributed by atoms with E-state index in [9.17, 15) is 9.90 Å². The molecule has 0 amide bonds. The number of rotatable bonds is 4. The van der Waals surface area contributed by atoms with Crippen LogP contribution in [0.1, 0.15) is 48.0 Å². The predicted octanol–water partition coefficient (Wildman–Crippen LogP) is 4.62. The molecule has 0 aliphatic carbocycles. The fourth-order valence-electron chi connectivity index (χ4n) is 2.77. The van der Waals surface area contributed by atoms with Crippen LogP contribution in [0.2, 0.25) is 0 Å². The maximum atomic E-state index is 11.5. The van der Waals surface area contributed by atoms with Gasteiger partial charge < -0.3 is 10.4 Å². The number of aromatic nitrogens is 3. The first-order chi connectivity index (χ1) is 12.7. The maximum Gasteiger partial charge on any atom is 0.339 e. The molecular weight excluding hydrogens is 340 g/mol. The highest BCUT2D eigenvalue weighted by molar-refractivity contribution is 5.93. The summed E-state index contributed by atoms with van der Waals surface area (Å²) in [5.74, 6) is -0.0637. The predicted molar refractivity (Wildman–Crippen MR) is 106 cm³/mol. The molecule has 2 N–H and O–H groups in total. The number of nitrogens with one attached hydrogen (secondary N) is 1. The molecule has 0 saturated carbocycles. The van der Waals surface area contributed by atoms with Gasteiger partial charge in [0.15, 0.2) is 0 Å². The number of nitrogens with zero attached hydrogens (tertiary/aromatic N) is 3. The summed E-state index contributed by atoms with van der Waals surface area (Å²) in [6.07, 6.45) is 1.57. The van der Waals surface area contributed by atoms with Crippen molar-refractivity contribution in [3.8, 4) is 5.69 Å². The summed E-state index contributed by atoms with van der Waals surface area (Å²) >= 11 is 0. The van der Waals surface area contributed by atoms with E-state index in [1.165, 1.54) is 6.07 Å². The molecule has 0 saturated heterocycles. The van der Waals surface area contributed by atoms with Gasteiger partial charge in [0, 0.05) is 17.7 Å². The number of hydrogen-bond acceptors (Lipinski definition) is 4. The minimum Gasteiger partial charge on any atom is -0.478 e.